The van der Waals surface area contributed by atoms with Gasteiger partial charge in [0.2, 0.25) is 0 Å². The molecule has 0 fully saturated rings. The normalized spacial score (nSPS) is 12.8. The number of aliphatic hydroxyl groups is 6. The maximum Gasteiger partial charge on any atom is 0.0873 e. The summed E-state index contributed by atoms with van der Waals surface area (Å²) < 4.78 is 0. The van der Waals surface area contributed by atoms with Crippen LogP contribution in [0.1, 0.15) is 187 Å². The van der Waals surface area contributed by atoms with Crippen LogP contribution in [0, 0.1) is 108 Å². The molecule has 0 amide bonds. The monoisotopic (exact) mass is 2160 g/mol. The summed E-state index contributed by atoms with van der Waals surface area (Å²) in [6.45, 7) is 50.3. The van der Waals surface area contributed by atoms with Gasteiger partial charge in [-0.2, -0.15) is 0 Å². The fraction of sp³-hybridized carbons (Fsp3) is 0.377. The van der Waals surface area contributed by atoms with Crippen molar-refractivity contribution < 1.29 is 91.0 Å². The van der Waals surface area contributed by atoms with E-state index in [0.29, 0.717) is 19.3 Å². The quantitative estimate of drug-likeness (QED) is 0.0472. The number of hydrogen-bond acceptors (Lipinski definition) is 12. The molecule has 12 rings (SSSR count). The maximum atomic E-state index is 9.95. The van der Waals surface area contributed by atoms with Crippen LogP contribution in [0.5, 0.6) is 0 Å². The molecule has 0 spiro atoms. The van der Waals surface area contributed by atoms with E-state index in [9.17, 15) is 25.5 Å². The molecule has 0 saturated carbocycles. The van der Waals surface area contributed by atoms with Gasteiger partial charge in [0.05, 0.1) is 70.8 Å². The molecule has 0 bridgehead atoms. The molecule has 6 N–H and O–H groups in total. The van der Waals surface area contributed by atoms with Gasteiger partial charge in [0.25, 0.3) is 0 Å². The van der Waals surface area contributed by atoms with Gasteiger partial charge in [-0.05, 0) is 105 Å². The fourth-order valence-electron chi connectivity index (χ4n) is 11.8. The smallest absolute Gasteiger partial charge is 0.0873 e. The minimum absolute atomic E-state index is 0. The molecule has 121 heavy (non-hydrogen) atoms. The summed E-state index contributed by atoms with van der Waals surface area (Å²) in [5.41, 5.74) is 27.4. The van der Waals surface area contributed by atoms with E-state index in [1.807, 2.05) is 134 Å². The van der Waals surface area contributed by atoms with E-state index in [1.54, 1.807) is 6.92 Å². The molecular formula is C106H131Ir3N6O6-3. The van der Waals surface area contributed by atoms with Crippen molar-refractivity contribution in [1.29, 1.82) is 0 Å². The zero-order valence-electron chi connectivity index (χ0n) is 75.9. The summed E-state index contributed by atoms with van der Waals surface area (Å²) in [5.74, 6) is 0. The van der Waals surface area contributed by atoms with E-state index in [1.165, 1.54) is 50.1 Å². The van der Waals surface area contributed by atoms with Gasteiger partial charge in [0.1, 0.15) is 0 Å². The third kappa shape index (κ3) is 33.2. The van der Waals surface area contributed by atoms with E-state index in [0.717, 1.165) is 108 Å². The number of hydrogen-bond donors (Lipinski definition) is 6. The predicted molar refractivity (Wildman–Crippen MR) is 492 cm³/mol. The largest absolute Gasteiger partial charge is 0.393 e. The summed E-state index contributed by atoms with van der Waals surface area (Å²) >= 11 is 0. The van der Waals surface area contributed by atoms with Crippen LogP contribution >= 0.6 is 0 Å². The molecule has 0 aliphatic rings. The van der Waals surface area contributed by atoms with Gasteiger partial charge >= 0.3 is 0 Å². The molecule has 9 aromatic carbocycles. The van der Waals surface area contributed by atoms with Crippen LogP contribution in [-0.2, 0) is 60.3 Å². The van der Waals surface area contributed by atoms with Crippen LogP contribution in [0.25, 0.3) is 101 Å². The summed E-state index contributed by atoms with van der Waals surface area (Å²) in [7, 11) is 0. The van der Waals surface area contributed by atoms with Crippen molar-refractivity contribution in [3.8, 4) is 101 Å². The Bertz CT molecular complexity index is 4610. The number of aryl methyl sites for hydroxylation is 9. The zero-order chi connectivity index (χ0) is 87.2. The van der Waals surface area contributed by atoms with Gasteiger partial charge in [-0.3, -0.25) is 15.0 Å². The minimum Gasteiger partial charge on any atom is -0.393 e. The van der Waals surface area contributed by atoms with Crippen molar-refractivity contribution in [2.75, 3.05) is 0 Å². The third-order valence-electron chi connectivity index (χ3n) is 21.3. The van der Waals surface area contributed by atoms with Crippen LogP contribution in [0.3, 0.4) is 0 Å². The average Bonchev–Trinajstić information content (AvgIpc) is 0.799. The zero-order valence-corrected chi connectivity index (χ0v) is 83.1. The molecule has 12 aromatic rings. The third-order valence-corrected chi connectivity index (χ3v) is 21.3. The molecule has 651 valence electrons. The molecule has 6 unspecified atom stereocenters. The second kappa shape index (κ2) is 47.7. The van der Waals surface area contributed by atoms with Crippen LogP contribution in [-0.4, -0.2) is 97.2 Å². The van der Waals surface area contributed by atoms with Crippen molar-refractivity contribution in [3.63, 3.8) is 0 Å². The standard InChI is InChI=1S/3C25H21N2.C12H26O2.C11H24O2.C8H18O2.3Ir/c3*1-17-4-10-20(11-5-17)23-16-26-24(21-12-6-18(2)7-13-21)25(27-23)22-14-8-19(3)9-15-22;1-7-12(5,6)10(14)8-9(13)11(2,3)4;1-10(2,3)8(12)7-9(13)11(4,5)6;1-6(9)5-7(10)8(2,3)4;;;/h3*4-12,14-16H,1-3H3;9-10,13-14H,7-8H2,1-6H3;8-9,12-13H,7H2,1-6H3;6-7,9-10H,5H2,1-4H3;;;/q3*-1;;;;;;. The van der Waals surface area contributed by atoms with Gasteiger partial charge in [-0.15, -0.1) is 106 Å². The van der Waals surface area contributed by atoms with Gasteiger partial charge in [0, 0.05) is 126 Å². The Morgan fingerprint density at radius 2 is 0.463 bits per heavy atom. The number of nitrogens with zero attached hydrogens (tertiary/aromatic N) is 6. The second-order valence-corrected chi connectivity index (χ2v) is 36.8. The van der Waals surface area contributed by atoms with Crippen molar-refractivity contribution in [2.45, 2.75) is 235 Å². The van der Waals surface area contributed by atoms with Crippen LogP contribution in [0.4, 0.5) is 0 Å². The number of aliphatic hydroxyl groups excluding tert-OH is 6. The number of aromatic nitrogens is 6. The van der Waals surface area contributed by atoms with E-state index in [-0.39, 0.29) is 87.4 Å². The average molecular weight is 2160 g/mol. The predicted octanol–water partition coefficient (Wildman–Crippen LogP) is 24.5. The Balaban J connectivity index is 0.000000315. The second-order valence-electron chi connectivity index (χ2n) is 36.8. The Hall–Kier alpha value is -8.07. The van der Waals surface area contributed by atoms with E-state index >= 15 is 0 Å². The first-order valence-corrected chi connectivity index (χ1v) is 41.4. The molecule has 0 aliphatic carbocycles. The SMILES string of the molecule is CC(C)(C)C(O)CC(O)C(C)(C)C.CC(O)CC(O)C(C)(C)C.CCC(C)(C)C(O)CC(O)C(C)(C)C.Cc1c[c-]c(-c2ncc(-c3ccc(C)cc3)nc2-c2ccc(C)cc2)cc1.Cc1c[c-]c(-c2ncc(-c3ccc(C)cc3)nc2-c2ccc(C)cc2)cc1.Cc1c[c-]c(-c2ncc(-c3ccc(C)cc3)nc2-c2ccc(C)cc2)cc1.[Ir].[Ir].[Ir]. The van der Waals surface area contributed by atoms with Crippen LogP contribution in [0.15, 0.2) is 219 Å². The molecule has 3 aromatic heterocycles. The van der Waals surface area contributed by atoms with Crippen LogP contribution in [0.2, 0.25) is 0 Å². The van der Waals surface area contributed by atoms with E-state index in [2.05, 4.69) is 269 Å². The fourth-order valence-corrected chi connectivity index (χ4v) is 11.8. The first kappa shape index (κ1) is 105. The summed E-state index contributed by atoms with van der Waals surface area (Å²) in [6, 6.07) is 78.9. The number of benzene rings is 9. The molecule has 0 aliphatic heterocycles. The maximum absolute atomic E-state index is 9.95. The molecule has 6 atom stereocenters. The molecule has 3 heterocycles. The van der Waals surface area contributed by atoms with E-state index < -0.39 is 36.6 Å². The van der Waals surface area contributed by atoms with Gasteiger partial charge in [0.15, 0.2) is 0 Å². The van der Waals surface area contributed by atoms with Gasteiger partial charge in [-0.1, -0.05) is 304 Å². The Morgan fingerprint density at radius 3 is 0.645 bits per heavy atom. The molecule has 3 radical (unpaired) electrons. The Morgan fingerprint density at radius 1 is 0.264 bits per heavy atom. The van der Waals surface area contributed by atoms with Gasteiger partial charge in [-0.25, -0.2) is 0 Å². The summed E-state index contributed by atoms with van der Waals surface area (Å²) in [4.78, 5) is 29.3. The summed E-state index contributed by atoms with van der Waals surface area (Å²) in [6.07, 6.45) is 5.28. The molecule has 12 nitrogen and oxygen atoms in total. The molecular weight excluding hydrogens is 2030 g/mol. The molecule has 15 heteroatoms. The van der Waals surface area contributed by atoms with Crippen molar-refractivity contribution in [1.82, 2.24) is 29.9 Å². The van der Waals surface area contributed by atoms with Crippen molar-refractivity contribution in [3.05, 3.63) is 287 Å². The van der Waals surface area contributed by atoms with Gasteiger partial charge < -0.3 is 45.6 Å². The van der Waals surface area contributed by atoms with Crippen molar-refractivity contribution in [2.24, 2.45) is 27.1 Å². The topological polar surface area (TPSA) is 199 Å². The molecule has 0 saturated heterocycles. The Labute approximate surface area is 765 Å². The first-order chi connectivity index (χ1) is 55.3. The first-order valence-electron chi connectivity index (χ1n) is 41.4. The van der Waals surface area contributed by atoms with Crippen molar-refractivity contribution >= 4 is 0 Å². The summed E-state index contributed by atoms with van der Waals surface area (Å²) in [5, 5.41) is 57.6. The minimum atomic E-state index is -0.443. The van der Waals surface area contributed by atoms with Crippen LogP contribution < -0.4 is 0 Å². The Kier molecular flexibility index (Phi) is 41.5. The van der Waals surface area contributed by atoms with E-state index in [4.69, 9.17) is 35.0 Å². The number of rotatable bonds is 17.